The summed E-state index contributed by atoms with van der Waals surface area (Å²) in [5, 5.41) is 3.16. The van der Waals surface area contributed by atoms with Crippen molar-refractivity contribution in [2.75, 3.05) is 18.4 Å². The van der Waals surface area contributed by atoms with Crippen LogP contribution < -0.4 is 11.1 Å². The number of nitrogens with one attached hydrogen (secondary N) is 1. The number of anilines is 1. The molecule has 0 fully saturated rings. The van der Waals surface area contributed by atoms with Gasteiger partial charge in [-0.05, 0) is 37.6 Å². The molecule has 0 heterocycles. The van der Waals surface area contributed by atoms with Crippen LogP contribution in [0.1, 0.15) is 18.4 Å². The number of alkyl halides is 3. The van der Waals surface area contributed by atoms with Crippen molar-refractivity contribution in [3.63, 3.8) is 0 Å². The Morgan fingerprint density at radius 3 is 2.53 bits per heavy atom. The summed E-state index contributed by atoms with van der Waals surface area (Å²) in [6.45, 7) is 1.12. The molecule has 0 spiro atoms. The van der Waals surface area contributed by atoms with Gasteiger partial charge in [-0.1, -0.05) is 11.6 Å². The maximum Gasteiger partial charge on any atom is 0.416 e. The van der Waals surface area contributed by atoms with Crippen molar-refractivity contribution in [3.8, 4) is 0 Å². The van der Waals surface area contributed by atoms with Crippen LogP contribution in [0.4, 0.5) is 18.9 Å². The first kappa shape index (κ1) is 14.1. The van der Waals surface area contributed by atoms with Crippen LogP contribution in [0.25, 0.3) is 0 Å². The Balaban J connectivity index is 2.70. The largest absolute Gasteiger partial charge is 0.416 e. The first-order valence-electron chi connectivity index (χ1n) is 5.26. The van der Waals surface area contributed by atoms with Gasteiger partial charge in [0.05, 0.1) is 16.3 Å². The molecule has 0 bridgehead atoms. The highest BCUT2D eigenvalue weighted by molar-refractivity contribution is 6.33. The molecule has 1 aromatic rings. The molecule has 0 atom stereocenters. The maximum absolute atomic E-state index is 12.5. The highest BCUT2D eigenvalue weighted by atomic mass is 35.5. The van der Waals surface area contributed by atoms with E-state index in [0.717, 1.165) is 25.0 Å². The van der Waals surface area contributed by atoms with E-state index in [1.807, 2.05) is 0 Å². The highest BCUT2D eigenvalue weighted by Gasteiger charge is 2.30. The lowest BCUT2D eigenvalue weighted by Crippen LogP contribution is -2.08. The van der Waals surface area contributed by atoms with E-state index in [1.165, 1.54) is 6.07 Å². The van der Waals surface area contributed by atoms with Crippen molar-refractivity contribution in [3.05, 3.63) is 28.8 Å². The fourth-order valence-corrected chi connectivity index (χ4v) is 1.51. The molecule has 0 amide bonds. The van der Waals surface area contributed by atoms with Crippen LogP contribution in [0.3, 0.4) is 0 Å². The van der Waals surface area contributed by atoms with Gasteiger partial charge in [0.2, 0.25) is 0 Å². The van der Waals surface area contributed by atoms with E-state index in [0.29, 0.717) is 18.8 Å². The van der Waals surface area contributed by atoms with Gasteiger partial charge in [-0.2, -0.15) is 13.2 Å². The molecule has 0 aliphatic heterocycles. The molecule has 0 unspecified atom stereocenters. The summed E-state index contributed by atoms with van der Waals surface area (Å²) in [4.78, 5) is 0. The van der Waals surface area contributed by atoms with Crippen LogP contribution in [-0.2, 0) is 6.18 Å². The van der Waals surface area contributed by atoms with Gasteiger partial charge in [0.15, 0.2) is 0 Å². The zero-order chi connectivity index (χ0) is 12.9. The third kappa shape index (κ3) is 4.44. The lowest BCUT2D eigenvalue weighted by atomic mass is 10.2. The van der Waals surface area contributed by atoms with Crippen LogP contribution in [0.2, 0.25) is 5.02 Å². The number of nitrogens with two attached hydrogens (primary N) is 1. The van der Waals surface area contributed by atoms with Crippen LogP contribution in [0.15, 0.2) is 18.2 Å². The van der Waals surface area contributed by atoms with Gasteiger partial charge in [-0.3, -0.25) is 0 Å². The van der Waals surface area contributed by atoms with E-state index < -0.39 is 11.7 Å². The summed E-state index contributed by atoms with van der Waals surface area (Å²) in [5.74, 6) is 0. The Morgan fingerprint density at radius 1 is 1.24 bits per heavy atom. The molecule has 0 aliphatic rings. The van der Waals surface area contributed by atoms with Gasteiger partial charge in [0.25, 0.3) is 0 Å². The lowest BCUT2D eigenvalue weighted by molar-refractivity contribution is -0.137. The Morgan fingerprint density at radius 2 is 1.94 bits per heavy atom. The fourth-order valence-electron chi connectivity index (χ4n) is 1.33. The van der Waals surface area contributed by atoms with Crippen LogP contribution in [0.5, 0.6) is 0 Å². The standard InChI is InChI=1S/C11H14ClF3N2/c12-9-4-3-8(11(13,14)15)7-10(9)17-6-2-1-5-16/h3-4,7,17H,1-2,5-6,16H2. The summed E-state index contributed by atoms with van der Waals surface area (Å²) in [7, 11) is 0. The second-order valence-corrected chi connectivity index (χ2v) is 4.02. The quantitative estimate of drug-likeness (QED) is 0.801. The second kappa shape index (κ2) is 6.12. The molecular formula is C11H14ClF3N2. The Kier molecular flexibility index (Phi) is 5.08. The van der Waals surface area contributed by atoms with Gasteiger partial charge in [0.1, 0.15) is 0 Å². The average Bonchev–Trinajstić information content (AvgIpc) is 2.25. The third-order valence-corrected chi connectivity index (χ3v) is 2.57. The topological polar surface area (TPSA) is 38.0 Å². The fraction of sp³-hybridized carbons (Fsp3) is 0.455. The van der Waals surface area contributed by atoms with Gasteiger partial charge in [0, 0.05) is 6.54 Å². The average molecular weight is 267 g/mol. The Labute approximate surface area is 103 Å². The molecular weight excluding hydrogens is 253 g/mol. The molecule has 0 radical (unpaired) electrons. The predicted octanol–water partition coefficient (Wildman–Crippen LogP) is 3.51. The molecule has 1 aromatic carbocycles. The highest BCUT2D eigenvalue weighted by Crippen LogP contribution is 2.33. The van der Waals surface area contributed by atoms with Crippen molar-refractivity contribution in [2.24, 2.45) is 5.73 Å². The van der Waals surface area contributed by atoms with Gasteiger partial charge in [-0.25, -0.2) is 0 Å². The van der Waals surface area contributed by atoms with E-state index >= 15 is 0 Å². The van der Waals surface area contributed by atoms with Crippen molar-refractivity contribution >= 4 is 17.3 Å². The smallest absolute Gasteiger partial charge is 0.384 e. The molecule has 1 rings (SSSR count). The maximum atomic E-state index is 12.5. The molecule has 0 aromatic heterocycles. The van der Waals surface area contributed by atoms with Crippen LogP contribution in [-0.4, -0.2) is 13.1 Å². The molecule has 0 aliphatic carbocycles. The SMILES string of the molecule is NCCCCNc1cc(C(F)(F)F)ccc1Cl. The van der Waals surface area contributed by atoms with E-state index in [-0.39, 0.29) is 5.02 Å². The normalized spacial score (nSPS) is 11.6. The number of hydrogen-bond donors (Lipinski definition) is 2. The van der Waals surface area contributed by atoms with Gasteiger partial charge < -0.3 is 11.1 Å². The van der Waals surface area contributed by atoms with Gasteiger partial charge >= 0.3 is 6.18 Å². The zero-order valence-electron chi connectivity index (χ0n) is 9.15. The number of halogens is 4. The summed E-state index contributed by atoms with van der Waals surface area (Å²) in [5.41, 5.74) is 4.92. The molecule has 96 valence electrons. The summed E-state index contributed by atoms with van der Waals surface area (Å²) in [6.07, 6.45) is -2.73. The van der Waals surface area contributed by atoms with Crippen molar-refractivity contribution in [1.82, 2.24) is 0 Å². The van der Waals surface area contributed by atoms with Crippen LogP contribution in [0, 0.1) is 0 Å². The molecule has 0 saturated carbocycles. The third-order valence-electron chi connectivity index (χ3n) is 2.24. The lowest BCUT2D eigenvalue weighted by Gasteiger charge is -2.12. The molecule has 17 heavy (non-hydrogen) atoms. The van der Waals surface area contributed by atoms with E-state index in [9.17, 15) is 13.2 Å². The number of benzene rings is 1. The first-order valence-corrected chi connectivity index (χ1v) is 5.63. The second-order valence-electron chi connectivity index (χ2n) is 3.61. The minimum absolute atomic E-state index is 0.283. The van der Waals surface area contributed by atoms with Crippen molar-refractivity contribution in [2.45, 2.75) is 19.0 Å². The summed E-state index contributed by atoms with van der Waals surface area (Å²) < 4.78 is 37.4. The minimum Gasteiger partial charge on any atom is -0.384 e. The summed E-state index contributed by atoms with van der Waals surface area (Å²) >= 11 is 5.80. The van der Waals surface area contributed by atoms with E-state index in [4.69, 9.17) is 17.3 Å². The Hall–Kier alpha value is -0.940. The van der Waals surface area contributed by atoms with E-state index in [2.05, 4.69) is 5.32 Å². The van der Waals surface area contributed by atoms with Gasteiger partial charge in [-0.15, -0.1) is 0 Å². The molecule has 3 N–H and O–H groups in total. The zero-order valence-corrected chi connectivity index (χ0v) is 9.91. The monoisotopic (exact) mass is 266 g/mol. The predicted molar refractivity (Wildman–Crippen MR) is 63.2 cm³/mol. The first-order chi connectivity index (χ1) is 7.95. The Bertz CT molecular complexity index is 366. The summed E-state index contributed by atoms with van der Waals surface area (Å²) in [6, 6.07) is 3.23. The number of rotatable bonds is 5. The molecule has 6 heteroatoms. The van der Waals surface area contributed by atoms with Crippen molar-refractivity contribution < 1.29 is 13.2 Å². The molecule has 0 saturated heterocycles. The number of unbranched alkanes of at least 4 members (excludes halogenated alkanes) is 1. The minimum atomic E-state index is -4.35. The molecule has 2 nitrogen and oxygen atoms in total. The van der Waals surface area contributed by atoms with Crippen LogP contribution >= 0.6 is 11.6 Å². The van der Waals surface area contributed by atoms with Crippen molar-refractivity contribution in [1.29, 1.82) is 0 Å². The van der Waals surface area contributed by atoms with E-state index in [1.54, 1.807) is 0 Å². The number of hydrogen-bond acceptors (Lipinski definition) is 2.